The van der Waals surface area contributed by atoms with Gasteiger partial charge in [0.1, 0.15) is 0 Å². The highest BCUT2D eigenvalue weighted by Crippen LogP contribution is 2.40. The normalized spacial score (nSPS) is 27.9. The number of hydrogen-bond acceptors (Lipinski definition) is 2. The number of rotatable bonds is 3. The summed E-state index contributed by atoms with van der Waals surface area (Å²) >= 11 is 2.96. The van der Waals surface area contributed by atoms with Gasteiger partial charge in [-0.15, -0.1) is 0 Å². The van der Waals surface area contributed by atoms with Crippen LogP contribution in [0.25, 0.3) is 0 Å². The molecule has 104 valence electrons. The molecule has 2 bridgehead atoms. The third-order valence-electron chi connectivity index (χ3n) is 4.31. The number of carbonyl (C=O) groups is 1. The van der Waals surface area contributed by atoms with Gasteiger partial charge in [0.05, 0.1) is 0 Å². The first kappa shape index (κ1) is 13.7. The van der Waals surface area contributed by atoms with Crippen LogP contribution in [0.1, 0.15) is 12.0 Å². The van der Waals surface area contributed by atoms with Crippen LogP contribution in [0, 0.1) is 22.6 Å². The van der Waals surface area contributed by atoms with Gasteiger partial charge in [0.25, 0.3) is 5.91 Å². The van der Waals surface area contributed by atoms with Crippen molar-refractivity contribution in [2.75, 3.05) is 13.1 Å². The SMILES string of the molecule is O=C(C#CBr)NC1C2CC1CN(Cc1ccccc1)C2. The van der Waals surface area contributed by atoms with Crippen LogP contribution in [0.15, 0.2) is 30.3 Å². The summed E-state index contributed by atoms with van der Waals surface area (Å²) in [5.41, 5.74) is 1.36. The first-order valence-corrected chi connectivity index (χ1v) is 7.74. The van der Waals surface area contributed by atoms with Crippen LogP contribution < -0.4 is 5.32 Å². The molecule has 3 nitrogen and oxygen atoms in total. The van der Waals surface area contributed by atoms with E-state index in [0.29, 0.717) is 17.9 Å². The number of carbonyl (C=O) groups excluding carboxylic acids is 1. The smallest absolute Gasteiger partial charge is 0.296 e. The maximum atomic E-state index is 11.5. The number of fused-ring (bicyclic) bond motifs is 2. The zero-order valence-electron chi connectivity index (χ0n) is 11.2. The summed E-state index contributed by atoms with van der Waals surface area (Å²) in [7, 11) is 0. The fraction of sp³-hybridized carbons (Fsp3) is 0.438. The second-order valence-electron chi connectivity index (χ2n) is 5.65. The Morgan fingerprint density at radius 1 is 1.30 bits per heavy atom. The molecule has 1 aliphatic carbocycles. The topological polar surface area (TPSA) is 32.3 Å². The van der Waals surface area contributed by atoms with Gasteiger partial charge in [0.15, 0.2) is 0 Å². The number of amides is 1. The minimum atomic E-state index is -0.168. The van der Waals surface area contributed by atoms with Gasteiger partial charge in [-0.25, -0.2) is 0 Å². The molecule has 1 N–H and O–H groups in total. The zero-order valence-corrected chi connectivity index (χ0v) is 12.8. The Bertz CT molecular complexity index is 537. The summed E-state index contributed by atoms with van der Waals surface area (Å²) in [5.74, 6) is 3.48. The van der Waals surface area contributed by atoms with Crippen molar-refractivity contribution in [1.82, 2.24) is 10.2 Å². The molecule has 0 radical (unpaired) electrons. The van der Waals surface area contributed by atoms with Crippen molar-refractivity contribution in [2.45, 2.75) is 19.0 Å². The number of benzene rings is 1. The number of piperidine rings is 2. The number of nitrogens with zero attached hydrogens (tertiary/aromatic N) is 1. The van der Waals surface area contributed by atoms with E-state index in [1.54, 1.807) is 0 Å². The average molecular weight is 333 g/mol. The molecule has 2 aliphatic heterocycles. The predicted octanol–water partition coefficient (Wildman–Crippen LogP) is 1.98. The van der Waals surface area contributed by atoms with Crippen LogP contribution >= 0.6 is 15.9 Å². The molecule has 1 amide bonds. The minimum absolute atomic E-state index is 0.168. The third-order valence-corrected chi connectivity index (χ3v) is 4.51. The Hall–Kier alpha value is -1.31. The molecule has 20 heavy (non-hydrogen) atoms. The summed E-state index contributed by atoms with van der Waals surface area (Å²) in [6.45, 7) is 3.14. The highest BCUT2D eigenvalue weighted by atomic mass is 79.9. The second-order valence-corrected chi connectivity index (χ2v) is 6.05. The summed E-state index contributed by atoms with van der Waals surface area (Å²) < 4.78 is 0. The van der Waals surface area contributed by atoms with Gasteiger partial charge in [-0.2, -0.15) is 0 Å². The fourth-order valence-electron chi connectivity index (χ4n) is 3.42. The molecule has 2 heterocycles. The van der Waals surface area contributed by atoms with Gasteiger partial charge in [0.2, 0.25) is 0 Å². The van der Waals surface area contributed by atoms with Crippen LogP contribution in [0.4, 0.5) is 0 Å². The average Bonchev–Trinajstić information content (AvgIpc) is 2.46. The molecule has 2 atom stereocenters. The monoisotopic (exact) mass is 332 g/mol. The molecule has 4 heteroatoms. The van der Waals surface area contributed by atoms with Crippen LogP contribution in [0.5, 0.6) is 0 Å². The third kappa shape index (κ3) is 2.89. The van der Waals surface area contributed by atoms with Gasteiger partial charge in [0, 0.05) is 47.5 Å². The van der Waals surface area contributed by atoms with Gasteiger partial charge < -0.3 is 5.32 Å². The fourth-order valence-corrected chi connectivity index (χ4v) is 3.60. The van der Waals surface area contributed by atoms with Crippen LogP contribution in [-0.2, 0) is 11.3 Å². The van der Waals surface area contributed by atoms with E-state index in [9.17, 15) is 4.79 Å². The van der Waals surface area contributed by atoms with Crippen molar-refractivity contribution in [3.05, 3.63) is 35.9 Å². The zero-order chi connectivity index (χ0) is 13.9. The molecule has 2 unspecified atom stereocenters. The molecule has 1 saturated carbocycles. The highest BCUT2D eigenvalue weighted by Gasteiger charge is 2.46. The van der Waals surface area contributed by atoms with E-state index in [1.165, 1.54) is 12.0 Å². The lowest BCUT2D eigenvalue weighted by Gasteiger charge is -2.53. The molecule has 1 aromatic carbocycles. The molecule has 3 aliphatic rings. The molecular weight excluding hydrogens is 316 g/mol. The van der Waals surface area contributed by atoms with Gasteiger partial charge in [-0.05, 0) is 28.6 Å². The van der Waals surface area contributed by atoms with Gasteiger partial charge in [-0.3, -0.25) is 9.69 Å². The standard InChI is InChI=1S/C16H17BrN2O/c17-7-6-15(20)18-16-13-8-14(16)11-19(10-13)9-12-4-2-1-3-5-12/h1-5,13-14,16H,8-11H2,(H,18,20). The molecular formula is C16H17BrN2O. The molecule has 3 fully saturated rings. The number of halogens is 1. The molecule has 0 spiro atoms. The van der Waals surface area contributed by atoms with E-state index in [4.69, 9.17) is 0 Å². The van der Waals surface area contributed by atoms with E-state index >= 15 is 0 Å². The molecule has 0 aromatic heterocycles. The van der Waals surface area contributed by atoms with E-state index in [0.717, 1.165) is 19.6 Å². The van der Waals surface area contributed by atoms with Crippen molar-refractivity contribution in [3.8, 4) is 10.8 Å². The van der Waals surface area contributed by atoms with E-state index in [2.05, 4.69) is 61.2 Å². The van der Waals surface area contributed by atoms with Crippen molar-refractivity contribution < 1.29 is 4.79 Å². The van der Waals surface area contributed by atoms with E-state index < -0.39 is 0 Å². The van der Waals surface area contributed by atoms with Crippen molar-refractivity contribution in [1.29, 1.82) is 0 Å². The maximum Gasteiger partial charge on any atom is 0.296 e. The summed E-state index contributed by atoms with van der Waals surface area (Å²) in [6, 6.07) is 10.9. The largest absolute Gasteiger partial charge is 0.342 e. The highest BCUT2D eigenvalue weighted by molar-refractivity contribution is 9.12. The van der Waals surface area contributed by atoms with Crippen molar-refractivity contribution >= 4 is 21.8 Å². The lowest BCUT2D eigenvalue weighted by molar-refractivity contribution is -0.120. The summed E-state index contributed by atoms with van der Waals surface area (Å²) in [5, 5.41) is 3.03. The predicted molar refractivity (Wildman–Crippen MR) is 81.9 cm³/mol. The number of nitrogens with one attached hydrogen (secondary N) is 1. The van der Waals surface area contributed by atoms with Crippen LogP contribution in [0.2, 0.25) is 0 Å². The summed E-state index contributed by atoms with van der Waals surface area (Å²) in [6.07, 6.45) is 1.23. The molecule has 1 aromatic rings. The van der Waals surface area contributed by atoms with Gasteiger partial charge >= 0.3 is 0 Å². The Balaban J connectivity index is 1.54. The van der Waals surface area contributed by atoms with Gasteiger partial charge in [-0.1, -0.05) is 30.3 Å². The molecule has 4 rings (SSSR count). The van der Waals surface area contributed by atoms with Crippen molar-refractivity contribution in [2.24, 2.45) is 11.8 Å². The first-order chi connectivity index (χ1) is 9.76. The Labute approximate surface area is 127 Å². The quantitative estimate of drug-likeness (QED) is 0.858. The minimum Gasteiger partial charge on any atom is -0.342 e. The first-order valence-electron chi connectivity index (χ1n) is 6.94. The number of hydrogen-bond donors (Lipinski definition) is 1. The van der Waals surface area contributed by atoms with Crippen LogP contribution in [-0.4, -0.2) is 29.9 Å². The van der Waals surface area contributed by atoms with E-state index in [-0.39, 0.29) is 5.91 Å². The van der Waals surface area contributed by atoms with E-state index in [1.807, 2.05) is 6.07 Å². The Kier molecular flexibility index (Phi) is 4.09. The lowest BCUT2D eigenvalue weighted by Crippen LogP contribution is -2.64. The lowest BCUT2D eigenvalue weighted by atomic mass is 9.66. The summed E-state index contributed by atoms with van der Waals surface area (Å²) in [4.78, 5) is 16.5. The van der Waals surface area contributed by atoms with Crippen molar-refractivity contribution in [3.63, 3.8) is 0 Å². The van der Waals surface area contributed by atoms with Crippen LogP contribution in [0.3, 0.4) is 0 Å². The second kappa shape index (κ2) is 5.99. The molecule has 2 saturated heterocycles. The Morgan fingerprint density at radius 3 is 2.65 bits per heavy atom. The maximum absolute atomic E-state index is 11.5. The Morgan fingerprint density at radius 2 is 2.00 bits per heavy atom.